The summed E-state index contributed by atoms with van der Waals surface area (Å²) in [5.41, 5.74) is -5.23. The van der Waals surface area contributed by atoms with Crippen LogP contribution in [0.5, 0.6) is 0 Å². The molecule has 0 aromatic rings. The Morgan fingerprint density at radius 1 is 1.20 bits per heavy atom. The second kappa shape index (κ2) is 3.40. The third kappa shape index (κ3) is 1.68. The van der Waals surface area contributed by atoms with Gasteiger partial charge in [0.2, 0.25) is 0 Å². The van der Waals surface area contributed by atoms with Crippen molar-refractivity contribution in [1.82, 2.24) is 0 Å². The van der Waals surface area contributed by atoms with Gasteiger partial charge in [0.15, 0.2) is 0 Å². The summed E-state index contributed by atoms with van der Waals surface area (Å²) in [6.45, 7) is 6.46. The van der Waals surface area contributed by atoms with E-state index in [9.17, 15) is 20.4 Å². The van der Waals surface area contributed by atoms with E-state index in [1.165, 1.54) is 27.7 Å². The molecule has 0 aromatic carbocycles. The Hall–Kier alpha value is -0.200. The molecule has 0 aromatic heterocycles. The molecule has 89 valence electrons. The Morgan fingerprint density at radius 3 is 2.07 bits per heavy atom. The first-order valence-corrected chi connectivity index (χ1v) is 4.89. The maximum Gasteiger partial charge on any atom is 0.124 e. The van der Waals surface area contributed by atoms with E-state index in [0.717, 1.165) is 6.61 Å². The largest absolute Gasteiger partial charge is 0.391 e. The lowest BCUT2D eigenvalue weighted by molar-refractivity contribution is -0.305. The van der Waals surface area contributed by atoms with E-state index in [1.807, 2.05) is 0 Å². The van der Waals surface area contributed by atoms with Crippen LogP contribution in [0.3, 0.4) is 0 Å². The molecular formula is C10H19O5. The van der Waals surface area contributed by atoms with Gasteiger partial charge in [0.25, 0.3) is 0 Å². The van der Waals surface area contributed by atoms with Gasteiger partial charge < -0.3 is 25.2 Å². The van der Waals surface area contributed by atoms with Crippen LogP contribution in [-0.4, -0.2) is 49.4 Å². The van der Waals surface area contributed by atoms with Crippen LogP contribution < -0.4 is 0 Å². The predicted octanol–water partition coefficient (Wildman–Crippen LogP) is -0.819. The Labute approximate surface area is 89.3 Å². The van der Waals surface area contributed by atoms with Gasteiger partial charge in [-0.1, -0.05) is 0 Å². The first-order valence-electron chi connectivity index (χ1n) is 4.89. The van der Waals surface area contributed by atoms with Gasteiger partial charge in [-0.05, 0) is 27.7 Å². The molecule has 1 unspecified atom stereocenters. The second-order valence-electron chi connectivity index (χ2n) is 4.78. The third-order valence-corrected chi connectivity index (χ3v) is 3.41. The first kappa shape index (κ1) is 12.9. The molecule has 5 atom stereocenters. The van der Waals surface area contributed by atoms with Crippen molar-refractivity contribution in [1.29, 1.82) is 0 Å². The summed E-state index contributed by atoms with van der Waals surface area (Å²) in [7, 11) is 0. The Bertz CT molecular complexity index is 244. The smallest absolute Gasteiger partial charge is 0.124 e. The summed E-state index contributed by atoms with van der Waals surface area (Å²) in [6.07, 6.45) is -1.94. The number of rotatable bonds is 1. The molecule has 1 aliphatic heterocycles. The van der Waals surface area contributed by atoms with E-state index in [2.05, 4.69) is 0 Å². The minimum absolute atomic E-state index is 0.959. The van der Waals surface area contributed by atoms with Crippen molar-refractivity contribution in [2.75, 3.05) is 0 Å². The molecule has 5 heteroatoms. The molecule has 0 bridgehead atoms. The van der Waals surface area contributed by atoms with Crippen LogP contribution in [0, 0.1) is 6.61 Å². The zero-order valence-electron chi connectivity index (χ0n) is 9.43. The van der Waals surface area contributed by atoms with Gasteiger partial charge in [-0.15, -0.1) is 0 Å². The summed E-state index contributed by atoms with van der Waals surface area (Å²) in [6, 6.07) is 0. The fraction of sp³-hybridized carbons (Fsp3) is 0.900. The number of hydrogen-bond donors (Lipinski definition) is 4. The van der Waals surface area contributed by atoms with E-state index in [0.29, 0.717) is 0 Å². The highest BCUT2D eigenvalue weighted by Gasteiger charge is 2.62. The van der Waals surface area contributed by atoms with Crippen LogP contribution in [0.2, 0.25) is 0 Å². The Morgan fingerprint density at radius 2 is 1.67 bits per heavy atom. The van der Waals surface area contributed by atoms with Gasteiger partial charge in [0.1, 0.15) is 29.5 Å². The lowest BCUT2D eigenvalue weighted by atomic mass is 9.68. The molecule has 4 N–H and O–H groups in total. The minimum Gasteiger partial charge on any atom is -0.391 e. The van der Waals surface area contributed by atoms with Crippen molar-refractivity contribution >= 4 is 0 Å². The highest BCUT2D eigenvalue weighted by Crippen LogP contribution is 2.43. The van der Waals surface area contributed by atoms with Crippen molar-refractivity contribution in [3.63, 3.8) is 0 Å². The molecule has 1 heterocycles. The summed E-state index contributed by atoms with van der Waals surface area (Å²) < 4.78 is 5.07. The molecule has 0 amide bonds. The number of hydrogen-bond acceptors (Lipinski definition) is 5. The summed E-state index contributed by atoms with van der Waals surface area (Å²) in [5.74, 6) is 0. The molecule has 1 fully saturated rings. The lowest BCUT2D eigenvalue weighted by Crippen LogP contribution is -2.73. The van der Waals surface area contributed by atoms with E-state index in [-0.39, 0.29) is 0 Å². The monoisotopic (exact) mass is 219 g/mol. The lowest BCUT2D eigenvalue weighted by Gasteiger charge is -2.55. The minimum atomic E-state index is -1.81. The van der Waals surface area contributed by atoms with Crippen molar-refractivity contribution in [3.8, 4) is 0 Å². The zero-order chi connectivity index (χ0) is 12.1. The molecule has 1 aliphatic rings. The highest BCUT2D eigenvalue weighted by molar-refractivity contribution is 5.16. The normalized spacial score (nSPS) is 54.0. The van der Waals surface area contributed by atoms with Crippen LogP contribution in [0.15, 0.2) is 0 Å². The van der Waals surface area contributed by atoms with Gasteiger partial charge in [-0.2, -0.15) is 0 Å². The highest BCUT2D eigenvalue weighted by atomic mass is 16.5. The summed E-state index contributed by atoms with van der Waals surface area (Å²) in [5, 5.41) is 39.6. The van der Waals surface area contributed by atoms with Crippen LogP contribution in [0.4, 0.5) is 0 Å². The molecule has 0 saturated carbocycles. The first-order chi connectivity index (χ1) is 6.54. The Balaban J connectivity index is 3.09. The van der Waals surface area contributed by atoms with Gasteiger partial charge in [-0.3, -0.25) is 0 Å². The van der Waals surface area contributed by atoms with E-state index in [1.54, 1.807) is 0 Å². The average molecular weight is 219 g/mol. The number of aliphatic hydroxyl groups is 4. The predicted molar refractivity (Wildman–Crippen MR) is 52.7 cm³/mol. The van der Waals surface area contributed by atoms with Crippen molar-refractivity contribution in [3.05, 3.63) is 6.61 Å². The molecule has 15 heavy (non-hydrogen) atoms. The molecule has 0 aliphatic carbocycles. The number of ether oxygens (including phenoxy) is 1. The number of aliphatic hydroxyl groups excluding tert-OH is 1. The van der Waals surface area contributed by atoms with E-state index in [4.69, 9.17) is 4.74 Å². The molecule has 1 rings (SSSR count). The van der Waals surface area contributed by atoms with E-state index < -0.39 is 29.0 Å². The molecule has 5 nitrogen and oxygen atoms in total. The van der Waals surface area contributed by atoms with Crippen LogP contribution >= 0.6 is 0 Å². The third-order valence-electron chi connectivity index (χ3n) is 3.41. The van der Waals surface area contributed by atoms with Crippen LogP contribution in [0.25, 0.3) is 0 Å². The van der Waals surface area contributed by atoms with Crippen LogP contribution in [0.1, 0.15) is 27.7 Å². The van der Waals surface area contributed by atoms with Crippen molar-refractivity contribution < 1.29 is 25.2 Å². The molecule has 1 radical (unpaired) electrons. The maximum absolute atomic E-state index is 10.2. The van der Waals surface area contributed by atoms with E-state index >= 15 is 0 Å². The average Bonchev–Trinajstić information content (AvgIpc) is 2.00. The Kier molecular flexibility index (Phi) is 2.91. The standard InChI is InChI=1S/C10H19O5/c1-6(11)7-9(3,13)10(4,14)8(2,12)5-15-7/h5-7,11-14H,1-4H3/t6?,7-,8+,9-,10-/m1/s1. The van der Waals surface area contributed by atoms with Gasteiger partial charge in [0, 0.05) is 0 Å². The second-order valence-corrected chi connectivity index (χ2v) is 4.78. The van der Waals surface area contributed by atoms with Gasteiger partial charge in [0.05, 0.1) is 6.10 Å². The van der Waals surface area contributed by atoms with Gasteiger partial charge >= 0.3 is 0 Å². The summed E-state index contributed by atoms with van der Waals surface area (Å²) in [4.78, 5) is 0. The fourth-order valence-electron chi connectivity index (χ4n) is 1.83. The molecule has 1 saturated heterocycles. The van der Waals surface area contributed by atoms with Crippen molar-refractivity contribution in [2.24, 2.45) is 0 Å². The van der Waals surface area contributed by atoms with Crippen molar-refractivity contribution in [2.45, 2.75) is 56.7 Å². The SMILES string of the molecule is CC(O)[C@H]1O[CH][C@](C)(O)[C@@](C)(O)[C@]1(C)O. The van der Waals surface area contributed by atoms with Gasteiger partial charge in [-0.25, -0.2) is 0 Å². The topological polar surface area (TPSA) is 90.2 Å². The molecule has 0 spiro atoms. The summed E-state index contributed by atoms with van der Waals surface area (Å²) >= 11 is 0. The zero-order valence-corrected chi connectivity index (χ0v) is 9.43. The fourth-order valence-corrected chi connectivity index (χ4v) is 1.83. The quantitative estimate of drug-likeness (QED) is 0.462. The molecular weight excluding hydrogens is 200 g/mol. The van der Waals surface area contributed by atoms with Crippen LogP contribution in [-0.2, 0) is 4.74 Å². The maximum atomic E-state index is 10.2.